The summed E-state index contributed by atoms with van der Waals surface area (Å²) < 4.78 is 5.22. The Morgan fingerprint density at radius 2 is 2.13 bits per heavy atom. The molecule has 2 saturated heterocycles. The van der Waals surface area contributed by atoms with E-state index in [2.05, 4.69) is 35.9 Å². The largest absolute Gasteiger partial charge is 0.383 e. The van der Waals surface area contributed by atoms with Gasteiger partial charge >= 0.3 is 0 Å². The van der Waals surface area contributed by atoms with Crippen LogP contribution in [0.3, 0.4) is 0 Å². The van der Waals surface area contributed by atoms with Gasteiger partial charge in [0.05, 0.1) is 13.2 Å². The second-order valence-corrected chi connectivity index (χ2v) is 7.36. The number of hydrogen-bond acceptors (Lipinski definition) is 3. The monoisotopic (exact) mass is 438 g/mol. The summed E-state index contributed by atoms with van der Waals surface area (Å²) in [5, 5.41) is 3.48. The third-order valence-corrected chi connectivity index (χ3v) is 4.85. The number of rotatable bonds is 6. The topological polar surface area (TPSA) is 40.1 Å². The molecule has 2 fully saturated rings. The summed E-state index contributed by atoms with van der Waals surface area (Å²) in [5.74, 6) is 1.10. The van der Waals surface area contributed by atoms with Gasteiger partial charge in [0, 0.05) is 39.3 Å². The number of nitrogens with one attached hydrogen (secondary N) is 1. The van der Waals surface area contributed by atoms with Gasteiger partial charge < -0.3 is 15.0 Å². The Kier molecular flexibility index (Phi) is 9.15. The molecule has 0 spiro atoms. The minimum atomic E-state index is 0. The molecule has 0 aromatic rings. The first-order chi connectivity index (χ1) is 10.6. The Balaban J connectivity index is 0.00000264. The first kappa shape index (κ1) is 21.0. The average molecular weight is 438 g/mol. The molecule has 2 aliphatic heterocycles. The van der Waals surface area contributed by atoms with Crippen molar-refractivity contribution in [2.24, 2.45) is 10.4 Å². The summed E-state index contributed by atoms with van der Waals surface area (Å²) in [4.78, 5) is 9.91. The van der Waals surface area contributed by atoms with Gasteiger partial charge in [-0.05, 0) is 38.1 Å². The van der Waals surface area contributed by atoms with Crippen LogP contribution in [-0.4, -0.2) is 74.8 Å². The molecule has 0 aromatic carbocycles. The van der Waals surface area contributed by atoms with Gasteiger partial charge in [0.2, 0.25) is 0 Å². The summed E-state index contributed by atoms with van der Waals surface area (Å²) in [5.41, 5.74) is 0.411. The van der Waals surface area contributed by atoms with E-state index < -0.39 is 0 Å². The molecule has 1 N–H and O–H groups in total. The summed E-state index contributed by atoms with van der Waals surface area (Å²) in [6, 6.07) is 0.583. The molecule has 2 rings (SSSR count). The lowest BCUT2D eigenvalue weighted by Gasteiger charge is -2.26. The van der Waals surface area contributed by atoms with Crippen molar-refractivity contribution in [3.05, 3.63) is 0 Å². The van der Waals surface area contributed by atoms with Crippen LogP contribution in [0.15, 0.2) is 4.99 Å². The minimum Gasteiger partial charge on any atom is -0.383 e. The zero-order valence-corrected chi connectivity index (χ0v) is 17.6. The molecule has 23 heavy (non-hydrogen) atoms. The van der Waals surface area contributed by atoms with Gasteiger partial charge in [-0.15, -0.1) is 24.0 Å². The highest BCUT2D eigenvalue weighted by molar-refractivity contribution is 14.0. The summed E-state index contributed by atoms with van der Waals surface area (Å²) >= 11 is 0. The maximum Gasteiger partial charge on any atom is 0.193 e. The van der Waals surface area contributed by atoms with Gasteiger partial charge in [-0.25, -0.2) is 0 Å². The van der Waals surface area contributed by atoms with Crippen molar-refractivity contribution >= 4 is 29.9 Å². The van der Waals surface area contributed by atoms with Crippen LogP contribution in [-0.2, 0) is 4.74 Å². The molecular weight excluding hydrogens is 403 g/mol. The van der Waals surface area contributed by atoms with E-state index in [0.29, 0.717) is 11.5 Å². The van der Waals surface area contributed by atoms with E-state index in [1.165, 1.54) is 25.8 Å². The van der Waals surface area contributed by atoms with Crippen LogP contribution in [0.25, 0.3) is 0 Å². The molecule has 136 valence electrons. The minimum absolute atomic E-state index is 0. The standard InChI is InChI=1S/C17H34N4O.HI/c1-5-18-16(21-10-8-17(2,3)14-21)19-13-15-7-6-9-20(15)11-12-22-4;/h15H,5-14H2,1-4H3,(H,18,19);1H. The Morgan fingerprint density at radius 3 is 2.74 bits per heavy atom. The first-order valence-electron chi connectivity index (χ1n) is 8.82. The van der Waals surface area contributed by atoms with E-state index in [4.69, 9.17) is 9.73 Å². The van der Waals surface area contributed by atoms with E-state index in [9.17, 15) is 0 Å². The number of aliphatic imine (C=N–C) groups is 1. The predicted octanol–water partition coefficient (Wildman–Crippen LogP) is 2.41. The second-order valence-electron chi connectivity index (χ2n) is 7.36. The van der Waals surface area contributed by atoms with E-state index in [1.807, 2.05) is 0 Å². The SMILES string of the molecule is CCNC(=NCC1CCCN1CCOC)N1CCC(C)(C)C1.I. The van der Waals surface area contributed by atoms with Crippen molar-refractivity contribution in [1.29, 1.82) is 0 Å². The third kappa shape index (κ3) is 6.38. The maximum atomic E-state index is 5.22. The fourth-order valence-corrected chi connectivity index (χ4v) is 3.52. The van der Waals surface area contributed by atoms with Crippen molar-refractivity contribution in [2.45, 2.75) is 46.1 Å². The number of halogens is 1. The van der Waals surface area contributed by atoms with Crippen LogP contribution in [0.4, 0.5) is 0 Å². The van der Waals surface area contributed by atoms with Crippen molar-refractivity contribution in [2.75, 3.05) is 53.0 Å². The lowest BCUT2D eigenvalue weighted by molar-refractivity contribution is 0.142. The van der Waals surface area contributed by atoms with Gasteiger partial charge in [-0.1, -0.05) is 13.8 Å². The number of methoxy groups -OCH3 is 1. The Labute approximate surface area is 159 Å². The predicted molar refractivity (Wildman–Crippen MR) is 108 cm³/mol. The van der Waals surface area contributed by atoms with Crippen molar-refractivity contribution in [1.82, 2.24) is 15.1 Å². The van der Waals surface area contributed by atoms with Gasteiger partial charge in [0.15, 0.2) is 5.96 Å². The van der Waals surface area contributed by atoms with E-state index in [0.717, 1.165) is 45.3 Å². The van der Waals surface area contributed by atoms with Crippen LogP contribution in [0.5, 0.6) is 0 Å². The zero-order valence-electron chi connectivity index (χ0n) is 15.3. The summed E-state index contributed by atoms with van der Waals surface area (Å²) in [7, 11) is 1.78. The molecule has 1 unspecified atom stereocenters. The fraction of sp³-hybridized carbons (Fsp3) is 0.941. The first-order valence-corrected chi connectivity index (χ1v) is 8.82. The summed E-state index contributed by atoms with van der Waals surface area (Å²) in [6.45, 7) is 14.0. The smallest absolute Gasteiger partial charge is 0.193 e. The number of nitrogens with zero attached hydrogens (tertiary/aromatic N) is 3. The van der Waals surface area contributed by atoms with Crippen LogP contribution >= 0.6 is 24.0 Å². The third-order valence-electron chi connectivity index (χ3n) is 4.85. The van der Waals surface area contributed by atoms with Gasteiger partial charge in [0.1, 0.15) is 0 Å². The molecule has 0 aromatic heterocycles. The van der Waals surface area contributed by atoms with Crippen molar-refractivity contribution in [3.8, 4) is 0 Å². The van der Waals surface area contributed by atoms with Gasteiger partial charge in [0.25, 0.3) is 0 Å². The highest BCUT2D eigenvalue weighted by atomic mass is 127. The molecular formula is C17H35IN4O. The van der Waals surface area contributed by atoms with Crippen LogP contribution in [0, 0.1) is 5.41 Å². The molecule has 2 heterocycles. The normalized spacial score (nSPS) is 24.8. The quantitative estimate of drug-likeness (QED) is 0.393. The molecule has 5 nitrogen and oxygen atoms in total. The molecule has 1 atom stereocenters. The molecule has 0 aliphatic carbocycles. The highest BCUT2D eigenvalue weighted by Crippen LogP contribution is 2.28. The molecule has 0 saturated carbocycles. The van der Waals surface area contributed by atoms with Crippen molar-refractivity contribution < 1.29 is 4.74 Å². The lowest BCUT2D eigenvalue weighted by atomic mass is 9.93. The Hall–Kier alpha value is -0.0800. The van der Waals surface area contributed by atoms with Crippen LogP contribution < -0.4 is 5.32 Å². The van der Waals surface area contributed by atoms with E-state index >= 15 is 0 Å². The van der Waals surface area contributed by atoms with Gasteiger partial charge in [-0.3, -0.25) is 9.89 Å². The Morgan fingerprint density at radius 1 is 1.35 bits per heavy atom. The zero-order chi connectivity index (χ0) is 16.0. The van der Waals surface area contributed by atoms with E-state index in [1.54, 1.807) is 7.11 Å². The number of hydrogen-bond donors (Lipinski definition) is 1. The van der Waals surface area contributed by atoms with Crippen LogP contribution in [0.1, 0.15) is 40.0 Å². The second kappa shape index (κ2) is 10.0. The van der Waals surface area contributed by atoms with Crippen LogP contribution in [0.2, 0.25) is 0 Å². The Bertz CT molecular complexity index is 376. The van der Waals surface area contributed by atoms with E-state index in [-0.39, 0.29) is 24.0 Å². The molecule has 0 bridgehead atoms. The number of likely N-dealkylation sites (tertiary alicyclic amines) is 2. The average Bonchev–Trinajstić information content (AvgIpc) is 3.07. The number of guanidine groups is 1. The molecule has 6 heteroatoms. The fourth-order valence-electron chi connectivity index (χ4n) is 3.52. The molecule has 2 aliphatic rings. The molecule has 0 amide bonds. The molecule has 0 radical (unpaired) electrons. The lowest BCUT2D eigenvalue weighted by Crippen LogP contribution is -2.42. The van der Waals surface area contributed by atoms with Gasteiger partial charge in [-0.2, -0.15) is 0 Å². The maximum absolute atomic E-state index is 5.22. The number of ether oxygens (including phenoxy) is 1. The summed E-state index contributed by atoms with van der Waals surface area (Å²) in [6.07, 6.45) is 3.80. The van der Waals surface area contributed by atoms with Crippen molar-refractivity contribution in [3.63, 3.8) is 0 Å². The highest BCUT2D eigenvalue weighted by Gasteiger charge is 2.31.